The third-order valence-electron chi connectivity index (χ3n) is 4.75. The van der Waals surface area contributed by atoms with Crippen molar-refractivity contribution in [3.05, 3.63) is 48.5 Å². The summed E-state index contributed by atoms with van der Waals surface area (Å²) >= 11 is 1.47. The van der Waals surface area contributed by atoms with Gasteiger partial charge in [-0.05, 0) is 36.4 Å². The molecule has 0 N–H and O–H groups in total. The van der Waals surface area contributed by atoms with Crippen LogP contribution in [-0.4, -0.2) is 56.3 Å². The van der Waals surface area contributed by atoms with Crippen molar-refractivity contribution in [2.24, 2.45) is 0 Å². The zero-order valence-electron chi connectivity index (χ0n) is 15.8. The third kappa shape index (κ3) is 4.35. The van der Waals surface area contributed by atoms with Crippen LogP contribution in [0.4, 0.5) is 0 Å². The molecule has 152 valence electrons. The second-order valence-corrected chi connectivity index (χ2v) is 9.83. The van der Waals surface area contributed by atoms with E-state index in [1.54, 1.807) is 17.0 Å². The van der Waals surface area contributed by atoms with Crippen LogP contribution in [0.1, 0.15) is 6.42 Å². The number of hydrogen-bond donors (Lipinski definition) is 0. The highest BCUT2D eigenvalue weighted by molar-refractivity contribution is 7.91. The maximum Gasteiger partial charge on any atom is 0.274 e. The molecule has 0 atom stereocenters. The first kappa shape index (κ1) is 19.7. The summed E-state index contributed by atoms with van der Waals surface area (Å²) in [5, 5.41) is 0.588. The number of rotatable bonds is 7. The number of amides is 1. The Balaban J connectivity index is 1.26. The average Bonchev–Trinajstić information content (AvgIpc) is 3.11. The van der Waals surface area contributed by atoms with Gasteiger partial charge in [0.2, 0.25) is 5.91 Å². The molecular formula is C20H20N2O5S2. The Bertz CT molecular complexity index is 1090. The Kier molecular flexibility index (Phi) is 5.42. The standard InChI is InChI=1S/C20H20N2O5S2/c1-26-14-6-8-16(9-7-14)29(24,25)11-10-19(23)22-12-15(13-22)27-20-21-17-4-2-3-5-18(17)28-20/h2-9,15H,10-13H2,1H3. The summed E-state index contributed by atoms with van der Waals surface area (Å²) in [6.07, 6.45) is -0.167. The van der Waals surface area contributed by atoms with Crippen LogP contribution in [0.3, 0.4) is 0 Å². The predicted octanol–water partition coefficient (Wildman–Crippen LogP) is 2.76. The van der Waals surface area contributed by atoms with Crippen molar-refractivity contribution in [3.63, 3.8) is 0 Å². The molecule has 3 aromatic rings. The number of thiazole rings is 1. The van der Waals surface area contributed by atoms with Crippen molar-refractivity contribution < 1.29 is 22.7 Å². The average molecular weight is 433 g/mol. The first-order valence-corrected chi connectivity index (χ1v) is 11.6. The van der Waals surface area contributed by atoms with Gasteiger partial charge in [-0.3, -0.25) is 4.79 Å². The van der Waals surface area contributed by atoms with Crippen LogP contribution in [0.2, 0.25) is 0 Å². The molecule has 2 aromatic carbocycles. The fourth-order valence-electron chi connectivity index (χ4n) is 3.04. The molecule has 1 aliphatic heterocycles. The van der Waals surface area contributed by atoms with Crippen LogP contribution in [-0.2, 0) is 14.6 Å². The van der Waals surface area contributed by atoms with Gasteiger partial charge in [0, 0.05) is 6.42 Å². The molecule has 1 aromatic heterocycles. The number of carbonyl (C=O) groups is 1. The van der Waals surface area contributed by atoms with Gasteiger partial charge in [-0.15, -0.1) is 0 Å². The Morgan fingerprint density at radius 3 is 2.59 bits per heavy atom. The van der Waals surface area contributed by atoms with Crippen molar-refractivity contribution in [2.75, 3.05) is 26.0 Å². The fourth-order valence-corrected chi connectivity index (χ4v) is 5.15. The van der Waals surface area contributed by atoms with Crippen LogP contribution in [0.25, 0.3) is 10.2 Å². The van der Waals surface area contributed by atoms with E-state index in [2.05, 4.69) is 4.98 Å². The van der Waals surface area contributed by atoms with Gasteiger partial charge in [-0.25, -0.2) is 13.4 Å². The summed E-state index contributed by atoms with van der Waals surface area (Å²) < 4.78 is 36.7. The van der Waals surface area contributed by atoms with E-state index in [0.29, 0.717) is 24.0 Å². The van der Waals surface area contributed by atoms with Gasteiger partial charge in [-0.1, -0.05) is 23.5 Å². The zero-order chi connectivity index (χ0) is 20.4. The Morgan fingerprint density at radius 2 is 1.90 bits per heavy atom. The molecule has 4 rings (SSSR count). The molecule has 1 amide bonds. The molecule has 0 bridgehead atoms. The molecule has 1 fully saturated rings. The van der Waals surface area contributed by atoms with E-state index >= 15 is 0 Å². The highest BCUT2D eigenvalue weighted by Crippen LogP contribution is 2.29. The lowest BCUT2D eigenvalue weighted by Gasteiger charge is -2.38. The molecule has 0 saturated carbocycles. The first-order chi connectivity index (χ1) is 13.9. The molecule has 0 radical (unpaired) electrons. The number of fused-ring (bicyclic) bond motifs is 1. The van der Waals surface area contributed by atoms with Crippen LogP contribution >= 0.6 is 11.3 Å². The molecule has 7 nitrogen and oxygen atoms in total. The smallest absolute Gasteiger partial charge is 0.274 e. The number of aromatic nitrogens is 1. The van der Waals surface area contributed by atoms with Gasteiger partial charge < -0.3 is 14.4 Å². The second kappa shape index (κ2) is 8.00. The van der Waals surface area contributed by atoms with E-state index in [0.717, 1.165) is 10.2 Å². The monoisotopic (exact) mass is 432 g/mol. The highest BCUT2D eigenvalue weighted by atomic mass is 32.2. The predicted molar refractivity (Wildman–Crippen MR) is 110 cm³/mol. The minimum atomic E-state index is -3.52. The normalized spacial score (nSPS) is 14.6. The summed E-state index contributed by atoms with van der Waals surface area (Å²) in [5.74, 6) is 0.170. The molecule has 9 heteroatoms. The van der Waals surface area contributed by atoms with Gasteiger partial charge >= 0.3 is 0 Å². The van der Waals surface area contributed by atoms with E-state index in [1.165, 1.54) is 30.6 Å². The number of likely N-dealkylation sites (tertiary alicyclic amines) is 1. The van der Waals surface area contributed by atoms with E-state index in [4.69, 9.17) is 9.47 Å². The number of para-hydroxylation sites is 1. The fraction of sp³-hybridized carbons (Fsp3) is 0.300. The van der Waals surface area contributed by atoms with Crippen LogP contribution < -0.4 is 9.47 Å². The summed E-state index contributed by atoms with van der Waals surface area (Å²) in [4.78, 5) is 18.5. The molecular weight excluding hydrogens is 412 g/mol. The van der Waals surface area contributed by atoms with Crippen molar-refractivity contribution >= 4 is 37.3 Å². The maximum atomic E-state index is 12.4. The molecule has 1 saturated heterocycles. The van der Waals surface area contributed by atoms with Crippen molar-refractivity contribution in [3.8, 4) is 10.9 Å². The number of carbonyl (C=O) groups excluding carboxylic acids is 1. The van der Waals surface area contributed by atoms with Crippen molar-refractivity contribution in [2.45, 2.75) is 17.4 Å². The number of ether oxygens (including phenoxy) is 2. The SMILES string of the molecule is COc1ccc(S(=O)(=O)CCC(=O)N2CC(Oc3nc4ccccc4s3)C2)cc1. The second-order valence-electron chi connectivity index (χ2n) is 6.73. The number of hydrogen-bond acceptors (Lipinski definition) is 7. The number of benzene rings is 2. The minimum Gasteiger partial charge on any atom is -0.497 e. The lowest BCUT2D eigenvalue weighted by atomic mass is 10.1. The van der Waals surface area contributed by atoms with Crippen LogP contribution in [0.5, 0.6) is 10.9 Å². The van der Waals surface area contributed by atoms with Crippen molar-refractivity contribution in [1.29, 1.82) is 0 Å². The largest absolute Gasteiger partial charge is 0.497 e. The van der Waals surface area contributed by atoms with E-state index in [1.807, 2.05) is 24.3 Å². The zero-order valence-corrected chi connectivity index (χ0v) is 17.4. The van der Waals surface area contributed by atoms with Crippen LogP contribution in [0.15, 0.2) is 53.4 Å². The minimum absolute atomic E-state index is 0.0534. The quantitative estimate of drug-likeness (QED) is 0.571. The topological polar surface area (TPSA) is 85.8 Å². The molecule has 2 heterocycles. The Hall–Kier alpha value is -2.65. The lowest BCUT2D eigenvalue weighted by Crippen LogP contribution is -2.56. The van der Waals surface area contributed by atoms with Gasteiger partial charge in [0.25, 0.3) is 5.19 Å². The summed E-state index contributed by atoms with van der Waals surface area (Å²) in [6, 6.07) is 14.0. The number of methoxy groups -OCH3 is 1. The molecule has 29 heavy (non-hydrogen) atoms. The maximum absolute atomic E-state index is 12.4. The van der Waals surface area contributed by atoms with Crippen molar-refractivity contribution in [1.82, 2.24) is 9.88 Å². The highest BCUT2D eigenvalue weighted by Gasteiger charge is 2.33. The third-order valence-corrected chi connectivity index (χ3v) is 7.40. The summed E-state index contributed by atoms with van der Waals surface area (Å²) in [5.41, 5.74) is 0.892. The van der Waals surface area contributed by atoms with E-state index in [-0.39, 0.29) is 29.1 Å². The lowest BCUT2D eigenvalue weighted by molar-refractivity contribution is -0.139. The number of sulfone groups is 1. The molecule has 1 aliphatic rings. The van der Waals surface area contributed by atoms with Gasteiger partial charge in [-0.2, -0.15) is 0 Å². The first-order valence-electron chi connectivity index (χ1n) is 9.11. The molecule has 0 aliphatic carbocycles. The Labute approximate surface area is 172 Å². The summed E-state index contributed by atoms with van der Waals surface area (Å²) in [7, 11) is -2.00. The van der Waals surface area contributed by atoms with E-state index < -0.39 is 9.84 Å². The summed E-state index contributed by atoms with van der Waals surface area (Å²) in [6.45, 7) is 0.884. The van der Waals surface area contributed by atoms with Gasteiger partial charge in [0.15, 0.2) is 9.84 Å². The molecule has 0 spiro atoms. The number of nitrogens with zero attached hydrogens (tertiary/aromatic N) is 2. The van der Waals surface area contributed by atoms with E-state index in [9.17, 15) is 13.2 Å². The van der Waals surface area contributed by atoms with Crippen LogP contribution in [0, 0.1) is 0 Å². The molecule has 0 unspecified atom stereocenters. The van der Waals surface area contributed by atoms with Gasteiger partial charge in [0.1, 0.15) is 11.9 Å². The Morgan fingerprint density at radius 1 is 1.17 bits per heavy atom. The van der Waals surface area contributed by atoms with Gasteiger partial charge in [0.05, 0.1) is 41.1 Å².